The van der Waals surface area contributed by atoms with Crippen LogP contribution in [0.15, 0.2) is 12.2 Å². The zero-order valence-electron chi connectivity index (χ0n) is 4.15. The maximum Gasteiger partial charge on any atom is 0.152 e. The summed E-state index contributed by atoms with van der Waals surface area (Å²) in [6, 6.07) is 0. The van der Waals surface area contributed by atoms with Gasteiger partial charge in [0, 0.05) is 0 Å². The summed E-state index contributed by atoms with van der Waals surface area (Å²) in [5, 5.41) is 8.38. The van der Waals surface area contributed by atoms with Crippen molar-refractivity contribution in [1.29, 1.82) is 0 Å². The minimum Gasteiger partial charge on any atom is -0.381 e. The third-order valence-electron chi connectivity index (χ3n) is 0.526. The second kappa shape index (κ2) is 4.21. The zero-order valence-corrected chi connectivity index (χ0v) is 4.15. The van der Waals surface area contributed by atoms with Gasteiger partial charge >= 0.3 is 0 Å². The SMILES string of the molecule is O=C/C=C/C(O)C=O. The Balaban J connectivity index is 3.50. The van der Waals surface area contributed by atoms with Crippen molar-refractivity contribution in [2.24, 2.45) is 0 Å². The Morgan fingerprint density at radius 3 is 2.38 bits per heavy atom. The summed E-state index contributed by atoms with van der Waals surface area (Å²) in [4.78, 5) is 19.1. The Labute approximate surface area is 46.6 Å². The lowest BCUT2D eigenvalue weighted by Crippen LogP contribution is -2.01. The standard InChI is InChI=1S/C5H6O3/c6-3-1-2-5(8)4-7/h1-5,8H/b2-1+. The number of carbonyl (C=O) groups is 2. The average Bonchev–Trinajstić information content (AvgIpc) is 1.83. The van der Waals surface area contributed by atoms with Crippen LogP contribution in [0.2, 0.25) is 0 Å². The number of carbonyl (C=O) groups excluding carboxylic acids is 2. The Hall–Kier alpha value is -0.960. The van der Waals surface area contributed by atoms with E-state index in [2.05, 4.69) is 0 Å². The lowest BCUT2D eigenvalue weighted by Gasteiger charge is -1.85. The van der Waals surface area contributed by atoms with E-state index in [0.29, 0.717) is 12.6 Å². The molecule has 0 aliphatic rings. The molecule has 0 amide bonds. The zero-order chi connectivity index (χ0) is 6.41. The van der Waals surface area contributed by atoms with Crippen LogP contribution in [-0.4, -0.2) is 23.8 Å². The van der Waals surface area contributed by atoms with E-state index in [9.17, 15) is 9.59 Å². The summed E-state index contributed by atoms with van der Waals surface area (Å²) >= 11 is 0. The predicted octanol–water partition coefficient (Wildman–Crippen LogP) is -0.699. The van der Waals surface area contributed by atoms with Crippen LogP contribution in [0.1, 0.15) is 0 Å². The van der Waals surface area contributed by atoms with Gasteiger partial charge in [0.05, 0.1) is 0 Å². The minimum absolute atomic E-state index is 0.333. The highest BCUT2D eigenvalue weighted by Crippen LogP contribution is 1.75. The summed E-state index contributed by atoms with van der Waals surface area (Å²) in [6.07, 6.45) is 1.85. The molecule has 1 N–H and O–H groups in total. The number of aliphatic hydroxyl groups excluding tert-OH is 1. The molecule has 0 heterocycles. The second-order valence-electron chi connectivity index (χ2n) is 1.15. The van der Waals surface area contributed by atoms with Crippen molar-refractivity contribution in [2.75, 3.05) is 0 Å². The van der Waals surface area contributed by atoms with Crippen molar-refractivity contribution >= 4 is 12.6 Å². The van der Waals surface area contributed by atoms with Gasteiger partial charge in [-0.15, -0.1) is 0 Å². The third-order valence-corrected chi connectivity index (χ3v) is 0.526. The fourth-order valence-electron chi connectivity index (χ4n) is 0.205. The first-order chi connectivity index (χ1) is 3.81. The smallest absolute Gasteiger partial charge is 0.152 e. The molecule has 0 radical (unpaired) electrons. The maximum atomic E-state index is 9.59. The lowest BCUT2D eigenvalue weighted by atomic mass is 10.3. The van der Waals surface area contributed by atoms with E-state index >= 15 is 0 Å². The van der Waals surface area contributed by atoms with Crippen molar-refractivity contribution in [2.45, 2.75) is 6.10 Å². The van der Waals surface area contributed by atoms with Crippen LogP contribution in [0.5, 0.6) is 0 Å². The first kappa shape index (κ1) is 7.04. The molecule has 0 fully saturated rings. The molecule has 0 saturated carbocycles. The monoisotopic (exact) mass is 114 g/mol. The Kier molecular flexibility index (Phi) is 3.70. The van der Waals surface area contributed by atoms with Crippen molar-refractivity contribution in [3.63, 3.8) is 0 Å². The minimum atomic E-state index is -1.14. The number of hydrogen-bond donors (Lipinski definition) is 1. The van der Waals surface area contributed by atoms with Gasteiger partial charge in [-0.25, -0.2) is 0 Å². The molecular formula is C5H6O3. The van der Waals surface area contributed by atoms with E-state index in [0.717, 1.165) is 12.2 Å². The summed E-state index contributed by atoms with van der Waals surface area (Å²) < 4.78 is 0. The van der Waals surface area contributed by atoms with E-state index in [4.69, 9.17) is 5.11 Å². The Bertz CT molecular complexity index is 106. The van der Waals surface area contributed by atoms with Gasteiger partial charge in [0.15, 0.2) is 6.29 Å². The highest BCUT2D eigenvalue weighted by Gasteiger charge is 1.89. The molecule has 0 bridgehead atoms. The van der Waals surface area contributed by atoms with Gasteiger partial charge in [-0.3, -0.25) is 4.79 Å². The highest BCUT2D eigenvalue weighted by atomic mass is 16.3. The molecule has 3 heteroatoms. The molecule has 44 valence electrons. The predicted molar refractivity (Wildman–Crippen MR) is 27.3 cm³/mol. The van der Waals surface area contributed by atoms with Gasteiger partial charge in [0.2, 0.25) is 0 Å². The molecule has 0 rings (SSSR count). The van der Waals surface area contributed by atoms with Gasteiger partial charge < -0.3 is 9.90 Å². The topological polar surface area (TPSA) is 54.4 Å². The van der Waals surface area contributed by atoms with E-state index < -0.39 is 6.10 Å². The van der Waals surface area contributed by atoms with Gasteiger partial charge in [0.1, 0.15) is 12.4 Å². The first-order valence-corrected chi connectivity index (χ1v) is 2.06. The van der Waals surface area contributed by atoms with E-state index in [-0.39, 0.29) is 0 Å². The van der Waals surface area contributed by atoms with Crippen molar-refractivity contribution in [3.8, 4) is 0 Å². The second-order valence-corrected chi connectivity index (χ2v) is 1.15. The number of rotatable bonds is 3. The molecule has 0 aromatic rings. The molecule has 0 aromatic carbocycles. The molecule has 0 aliphatic heterocycles. The van der Waals surface area contributed by atoms with Gasteiger partial charge in [-0.05, 0) is 12.2 Å². The van der Waals surface area contributed by atoms with E-state index in [1.165, 1.54) is 0 Å². The number of aldehydes is 2. The number of hydrogen-bond acceptors (Lipinski definition) is 3. The number of allylic oxidation sites excluding steroid dienone is 1. The number of aliphatic hydroxyl groups is 1. The van der Waals surface area contributed by atoms with Crippen LogP contribution >= 0.6 is 0 Å². The Morgan fingerprint density at radius 2 is 2.00 bits per heavy atom. The van der Waals surface area contributed by atoms with Crippen LogP contribution in [0, 0.1) is 0 Å². The average molecular weight is 114 g/mol. The molecular weight excluding hydrogens is 108 g/mol. The quantitative estimate of drug-likeness (QED) is 0.390. The largest absolute Gasteiger partial charge is 0.381 e. The molecule has 0 spiro atoms. The van der Waals surface area contributed by atoms with Crippen LogP contribution in [0.25, 0.3) is 0 Å². The molecule has 0 saturated heterocycles. The molecule has 0 aliphatic carbocycles. The summed E-state index contributed by atoms with van der Waals surface area (Å²) in [5.74, 6) is 0. The fraction of sp³-hybridized carbons (Fsp3) is 0.200. The maximum absolute atomic E-state index is 9.59. The van der Waals surface area contributed by atoms with Crippen LogP contribution in [-0.2, 0) is 9.59 Å². The molecule has 3 nitrogen and oxygen atoms in total. The van der Waals surface area contributed by atoms with Crippen molar-refractivity contribution in [3.05, 3.63) is 12.2 Å². The van der Waals surface area contributed by atoms with E-state index in [1.807, 2.05) is 0 Å². The molecule has 1 unspecified atom stereocenters. The van der Waals surface area contributed by atoms with Gasteiger partial charge in [-0.2, -0.15) is 0 Å². The van der Waals surface area contributed by atoms with Crippen LogP contribution in [0.3, 0.4) is 0 Å². The van der Waals surface area contributed by atoms with Crippen LogP contribution < -0.4 is 0 Å². The molecule has 1 atom stereocenters. The van der Waals surface area contributed by atoms with E-state index in [1.54, 1.807) is 0 Å². The first-order valence-electron chi connectivity index (χ1n) is 2.06. The molecule has 0 aromatic heterocycles. The normalized spacial score (nSPS) is 13.6. The summed E-state index contributed by atoms with van der Waals surface area (Å²) in [6.45, 7) is 0. The third kappa shape index (κ3) is 3.24. The van der Waals surface area contributed by atoms with Crippen molar-refractivity contribution < 1.29 is 14.7 Å². The fourth-order valence-corrected chi connectivity index (χ4v) is 0.205. The highest BCUT2D eigenvalue weighted by molar-refractivity contribution is 5.68. The van der Waals surface area contributed by atoms with Crippen molar-refractivity contribution in [1.82, 2.24) is 0 Å². The molecule has 8 heavy (non-hydrogen) atoms. The van der Waals surface area contributed by atoms with Gasteiger partial charge in [-0.1, -0.05) is 0 Å². The summed E-state index contributed by atoms with van der Waals surface area (Å²) in [5.41, 5.74) is 0. The Morgan fingerprint density at radius 1 is 1.38 bits per heavy atom. The van der Waals surface area contributed by atoms with Crippen LogP contribution in [0.4, 0.5) is 0 Å². The summed E-state index contributed by atoms with van der Waals surface area (Å²) in [7, 11) is 0. The van der Waals surface area contributed by atoms with Gasteiger partial charge in [0.25, 0.3) is 0 Å². The lowest BCUT2D eigenvalue weighted by molar-refractivity contribution is -0.112.